The first-order valence-corrected chi connectivity index (χ1v) is 15.4. The van der Waals surface area contributed by atoms with Gasteiger partial charge in [-0.05, 0) is 101 Å². The predicted molar refractivity (Wildman–Crippen MR) is 161 cm³/mol. The van der Waals surface area contributed by atoms with Crippen LogP contribution in [0.1, 0.15) is 69.2 Å². The Morgan fingerprint density at radius 3 is 2.52 bits per heavy atom. The number of nitrogens with zero attached hydrogens (tertiary/aromatic N) is 5. The average molecular weight is 632 g/mol. The summed E-state index contributed by atoms with van der Waals surface area (Å²) < 4.78 is 47.3. The second-order valence-electron chi connectivity index (χ2n) is 11.8. The summed E-state index contributed by atoms with van der Waals surface area (Å²) in [6.45, 7) is 5.75. The molecule has 0 bridgehead atoms. The molecule has 1 aromatic carbocycles. The number of carboxylic acid groups (broad SMARTS) is 1. The van der Waals surface area contributed by atoms with E-state index in [1.165, 1.54) is 11.0 Å². The van der Waals surface area contributed by atoms with E-state index in [9.17, 15) is 27.9 Å². The number of aryl methyl sites for hydroxylation is 1. The van der Waals surface area contributed by atoms with Crippen LogP contribution < -0.4 is 14.5 Å². The van der Waals surface area contributed by atoms with E-state index in [2.05, 4.69) is 4.98 Å². The molecular weight excluding hydrogens is 595 g/mol. The number of carbonyl (C=O) groups is 2. The first-order valence-electron chi connectivity index (χ1n) is 14.9. The number of anilines is 2. The quantitative estimate of drug-likeness (QED) is 0.351. The monoisotopic (exact) mass is 631 g/mol. The Bertz CT molecular complexity index is 1450. The van der Waals surface area contributed by atoms with Crippen LogP contribution in [0.2, 0.25) is 0 Å². The van der Waals surface area contributed by atoms with Crippen molar-refractivity contribution >= 4 is 35.9 Å². The highest BCUT2D eigenvalue weighted by atomic mass is 32.1. The van der Waals surface area contributed by atoms with Gasteiger partial charge in [0, 0.05) is 5.69 Å². The van der Waals surface area contributed by atoms with Gasteiger partial charge in [0.05, 0.1) is 24.1 Å². The van der Waals surface area contributed by atoms with E-state index in [0.29, 0.717) is 31.8 Å². The fraction of sp³-hybridized carbons (Fsp3) is 0.548. The van der Waals surface area contributed by atoms with Gasteiger partial charge in [0.1, 0.15) is 23.4 Å². The summed E-state index contributed by atoms with van der Waals surface area (Å²) in [4.78, 5) is 33.9. The molecular formula is C31H36F3N5O4S. The number of alkyl halides is 3. The van der Waals surface area contributed by atoms with Gasteiger partial charge < -0.3 is 14.7 Å². The van der Waals surface area contributed by atoms with Gasteiger partial charge in [-0.25, -0.2) is 4.98 Å². The van der Waals surface area contributed by atoms with Crippen molar-refractivity contribution in [2.45, 2.75) is 82.0 Å². The lowest BCUT2D eigenvalue weighted by Crippen LogP contribution is -2.55. The molecule has 2 unspecified atom stereocenters. The number of benzene rings is 1. The molecule has 1 aliphatic carbocycles. The van der Waals surface area contributed by atoms with Crippen molar-refractivity contribution in [3.63, 3.8) is 0 Å². The highest BCUT2D eigenvalue weighted by Gasteiger charge is 2.60. The Morgan fingerprint density at radius 1 is 1.25 bits per heavy atom. The highest BCUT2D eigenvalue weighted by molar-refractivity contribution is 7.81. The molecule has 2 aliphatic heterocycles. The SMILES string of the molecule is CCc1cc(N2C(S)N(c3cnc(C#N)c(C(F)(F)F)c3)C(=O)C23CCC3)ccc1OCCC1CCN(C(C)C(=O)O)CC1. The van der Waals surface area contributed by atoms with Gasteiger partial charge in [-0.2, -0.15) is 18.4 Å². The van der Waals surface area contributed by atoms with E-state index >= 15 is 0 Å². The minimum absolute atomic E-state index is 0.0611. The number of aromatic nitrogens is 1. The van der Waals surface area contributed by atoms with E-state index < -0.39 is 40.5 Å². The van der Waals surface area contributed by atoms with Crippen molar-refractivity contribution in [2.75, 3.05) is 29.5 Å². The van der Waals surface area contributed by atoms with Crippen LogP contribution >= 0.6 is 12.6 Å². The van der Waals surface area contributed by atoms with Crippen LogP contribution in [0.15, 0.2) is 30.5 Å². The molecule has 3 heterocycles. The summed E-state index contributed by atoms with van der Waals surface area (Å²) in [5, 5.41) is 18.4. The molecule has 2 saturated heterocycles. The minimum Gasteiger partial charge on any atom is -0.493 e. The Balaban J connectivity index is 1.31. The lowest BCUT2D eigenvalue weighted by Gasteiger charge is -2.44. The number of carbonyl (C=O) groups excluding carboxylic acids is 1. The summed E-state index contributed by atoms with van der Waals surface area (Å²) >= 11 is 4.75. The number of ether oxygens (including phenoxy) is 1. The number of pyridine rings is 1. The van der Waals surface area contributed by atoms with Crippen LogP contribution in [0.5, 0.6) is 5.75 Å². The van der Waals surface area contributed by atoms with Gasteiger partial charge in [0.2, 0.25) is 0 Å². The van der Waals surface area contributed by atoms with Crippen molar-refractivity contribution in [3.05, 3.63) is 47.3 Å². The Hall–Kier alpha value is -3.50. The molecule has 3 aliphatic rings. The van der Waals surface area contributed by atoms with Gasteiger partial charge in [0.25, 0.3) is 5.91 Å². The minimum atomic E-state index is -4.81. The van der Waals surface area contributed by atoms with Crippen LogP contribution in [0.25, 0.3) is 0 Å². The van der Waals surface area contributed by atoms with Crippen LogP contribution in [0, 0.1) is 17.2 Å². The van der Waals surface area contributed by atoms with Crippen molar-refractivity contribution in [1.82, 2.24) is 9.88 Å². The highest BCUT2D eigenvalue weighted by Crippen LogP contribution is 2.51. The Morgan fingerprint density at radius 2 is 1.95 bits per heavy atom. The summed E-state index contributed by atoms with van der Waals surface area (Å²) in [6.07, 6.45) is 1.56. The molecule has 44 heavy (non-hydrogen) atoms. The maximum absolute atomic E-state index is 13.8. The van der Waals surface area contributed by atoms with Crippen LogP contribution in [0.3, 0.4) is 0 Å². The fourth-order valence-electron chi connectivity index (χ4n) is 6.51. The summed E-state index contributed by atoms with van der Waals surface area (Å²) in [6, 6.07) is 7.48. The summed E-state index contributed by atoms with van der Waals surface area (Å²) in [7, 11) is 0. The van der Waals surface area contributed by atoms with E-state index in [-0.39, 0.29) is 11.6 Å². The Labute approximate surface area is 260 Å². The molecule has 5 rings (SSSR count). The molecule has 1 N–H and O–H groups in total. The van der Waals surface area contributed by atoms with Gasteiger partial charge in [-0.15, -0.1) is 12.6 Å². The number of carboxylic acids is 1. The molecule has 2 aromatic rings. The predicted octanol–water partition coefficient (Wildman–Crippen LogP) is 5.48. The number of rotatable bonds is 9. The molecule has 236 valence electrons. The first kappa shape index (κ1) is 31.9. The van der Waals surface area contributed by atoms with Crippen LogP contribution in [0.4, 0.5) is 24.5 Å². The van der Waals surface area contributed by atoms with E-state index in [0.717, 1.165) is 68.0 Å². The van der Waals surface area contributed by atoms with Crippen molar-refractivity contribution in [1.29, 1.82) is 5.26 Å². The maximum Gasteiger partial charge on any atom is 0.419 e. The van der Waals surface area contributed by atoms with E-state index in [1.54, 1.807) is 6.92 Å². The van der Waals surface area contributed by atoms with Gasteiger partial charge >= 0.3 is 12.1 Å². The fourth-order valence-corrected chi connectivity index (χ4v) is 7.10. The number of halogens is 3. The lowest BCUT2D eigenvalue weighted by atomic mass is 9.75. The van der Waals surface area contributed by atoms with Crippen molar-refractivity contribution in [3.8, 4) is 11.8 Å². The second kappa shape index (κ2) is 12.5. The molecule has 13 heteroatoms. The third kappa shape index (κ3) is 5.81. The number of thiol groups is 1. The smallest absolute Gasteiger partial charge is 0.419 e. The number of piperidine rings is 1. The number of nitriles is 1. The zero-order chi connectivity index (χ0) is 31.8. The standard InChI is InChI=1S/C31H36F3N5O4S/c1-3-21-15-22(5-6-26(21)43-14-9-20-7-12-37(13-8-20)19(2)27(40)41)39-29(44)38(28(42)30(39)10-4-11-30)23-16-24(31(32,33)34)25(17-35)36-18-23/h5-6,15-16,18-20,29,44H,3-4,7-14H2,1-2H3,(H,40,41). The number of likely N-dealkylation sites (tertiary alicyclic amines) is 1. The van der Waals surface area contributed by atoms with Gasteiger partial charge in [-0.3, -0.25) is 19.4 Å². The molecule has 1 amide bonds. The normalized spacial score (nSPS) is 21.3. The summed E-state index contributed by atoms with van der Waals surface area (Å²) in [5.41, 5.74) is -2.16. The van der Waals surface area contributed by atoms with Crippen molar-refractivity contribution < 1.29 is 32.6 Å². The van der Waals surface area contributed by atoms with Gasteiger partial charge in [-0.1, -0.05) is 6.92 Å². The molecule has 1 spiro atoms. The van der Waals surface area contributed by atoms with Crippen LogP contribution in [-0.4, -0.2) is 63.6 Å². The maximum atomic E-state index is 13.8. The topological polar surface area (TPSA) is 110 Å². The van der Waals surface area contributed by atoms with Gasteiger partial charge in [0.15, 0.2) is 11.2 Å². The molecule has 1 saturated carbocycles. The van der Waals surface area contributed by atoms with Crippen molar-refractivity contribution in [2.24, 2.45) is 5.92 Å². The molecule has 9 nitrogen and oxygen atoms in total. The molecule has 0 radical (unpaired) electrons. The lowest BCUT2D eigenvalue weighted by molar-refractivity contribution is -0.143. The largest absolute Gasteiger partial charge is 0.493 e. The number of amides is 1. The first-order chi connectivity index (χ1) is 20.9. The van der Waals surface area contributed by atoms with E-state index in [4.69, 9.17) is 22.6 Å². The number of aliphatic carboxylic acids is 1. The summed E-state index contributed by atoms with van der Waals surface area (Å²) in [5.74, 6) is 0.0458. The second-order valence-corrected chi connectivity index (χ2v) is 12.2. The third-order valence-electron chi connectivity index (χ3n) is 9.32. The molecule has 3 fully saturated rings. The Kier molecular flexibility index (Phi) is 9.05. The average Bonchev–Trinajstić information content (AvgIpc) is 3.22. The van der Waals surface area contributed by atoms with Crippen LogP contribution in [-0.2, 0) is 22.2 Å². The zero-order valence-electron chi connectivity index (χ0n) is 24.7. The third-order valence-corrected chi connectivity index (χ3v) is 9.79. The molecule has 2 atom stereocenters. The zero-order valence-corrected chi connectivity index (χ0v) is 25.6. The number of hydrogen-bond donors (Lipinski definition) is 2. The van der Waals surface area contributed by atoms with E-state index in [1.807, 2.05) is 34.9 Å². The molecule has 1 aromatic heterocycles. The number of hydrogen-bond acceptors (Lipinski definition) is 8.